The molecule has 8 aromatic rings. The van der Waals surface area contributed by atoms with Gasteiger partial charge in [0.25, 0.3) is 0 Å². The van der Waals surface area contributed by atoms with Gasteiger partial charge in [-0.15, -0.1) is 0 Å². The summed E-state index contributed by atoms with van der Waals surface area (Å²) in [4.78, 5) is 4.82. The molecule has 0 bridgehead atoms. The monoisotopic (exact) mass is 750 g/mol. The number of hydrogen-bond acceptors (Lipinski definition) is 2. The van der Waals surface area contributed by atoms with E-state index in [0.29, 0.717) is 0 Å². The number of rotatable bonds is 8. The summed E-state index contributed by atoms with van der Waals surface area (Å²) in [5.41, 5.74) is 15.2. The molecule has 0 heterocycles. The Hall–Kier alpha value is -6.38. The van der Waals surface area contributed by atoms with Crippen molar-refractivity contribution >= 4 is 44.9 Å². The maximum absolute atomic E-state index is 2.46. The van der Waals surface area contributed by atoms with Gasteiger partial charge < -0.3 is 9.80 Å². The fourth-order valence-corrected chi connectivity index (χ4v) is 10.1. The van der Waals surface area contributed by atoms with Gasteiger partial charge in [0.15, 0.2) is 0 Å². The molecule has 2 aliphatic rings. The predicted octanol–water partition coefficient (Wildman–Crippen LogP) is 15.6. The molecule has 8 aromatic carbocycles. The number of benzene rings is 8. The predicted molar refractivity (Wildman–Crippen MR) is 246 cm³/mol. The number of hydrogen-bond donors (Lipinski definition) is 0. The number of para-hydroxylation sites is 2. The molecule has 0 amide bonds. The largest absolute Gasteiger partial charge is 0.311 e. The zero-order valence-corrected chi connectivity index (χ0v) is 33.8. The molecule has 2 nitrogen and oxygen atoms in total. The van der Waals surface area contributed by atoms with Crippen LogP contribution in [0.15, 0.2) is 194 Å². The lowest BCUT2D eigenvalue weighted by atomic mass is 9.63. The average Bonchev–Trinajstić information content (AvgIpc) is 3.51. The average molecular weight is 751 g/mol. The third-order valence-corrected chi connectivity index (χ3v) is 13.3. The molecule has 2 aliphatic carbocycles. The molecule has 58 heavy (non-hydrogen) atoms. The van der Waals surface area contributed by atoms with Crippen LogP contribution in [-0.2, 0) is 10.8 Å². The molecule has 0 radical (unpaired) electrons. The van der Waals surface area contributed by atoms with Crippen LogP contribution in [0.25, 0.3) is 21.9 Å². The lowest BCUT2D eigenvalue weighted by Gasteiger charge is -2.41. The molecule has 0 aromatic heterocycles. The van der Waals surface area contributed by atoms with Crippen molar-refractivity contribution in [1.29, 1.82) is 0 Å². The second-order valence-corrected chi connectivity index (χ2v) is 17.1. The van der Waals surface area contributed by atoms with E-state index >= 15 is 0 Å². The summed E-state index contributed by atoms with van der Waals surface area (Å²) < 4.78 is 0. The van der Waals surface area contributed by atoms with E-state index in [4.69, 9.17) is 0 Å². The molecule has 0 atom stereocenters. The maximum atomic E-state index is 2.46. The summed E-state index contributed by atoms with van der Waals surface area (Å²) in [5.74, 6) is 0.733. The van der Waals surface area contributed by atoms with Crippen molar-refractivity contribution in [3.8, 4) is 11.1 Å². The van der Waals surface area contributed by atoms with Crippen LogP contribution in [0.5, 0.6) is 0 Å². The van der Waals surface area contributed by atoms with Crippen molar-refractivity contribution in [2.24, 2.45) is 5.92 Å². The minimum Gasteiger partial charge on any atom is -0.311 e. The van der Waals surface area contributed by atoms with E-state index in [2.05, 4.69) is 225 Å². The van der Waals surface area contributed by atoms with Crippen LogP contribution in [0.2, 0.25) is 0 Å². The quantitative estimate of drug-likeness (QED) is 0.153. The Morgan fingerprint density at radius 2 is 0.845 bits per heavy atom. The van der Waals surface area contributed by atoms with Crippen molar-refractivity contribution in [3.05, 3.63) is 216 Å². The highest BCUT2D eigenvalue weighted by molar-refractivity contribution is 5.91. The maximum Gasteiger partial charge on any atom is 0.0468 e. The summed E-state index contributed by atoms with van der Waals surface area (Å²) in [7, 11) is 0. The van der Waals surface area contributed by atoms with Gasteiger partial charge in [-0.05, 0) is 149 Å². The zero-order chi connectivity index (χ0) is 39.3. The lowest BCUT2D eigenvalue weighted by molar-refractivity contribution is 0.280. The number of anilines is 6. The summed E-state index contributed by atoms with van der Waals surface area (Å²) in [6.45, 7) is 7.16. The van der Waals surface area contributed by atoms with Gasteiger partial charge in [-0.3, -0.25) is 0 Å². The van der Waals surface area contributed by atoms with Crippen molar-refractivity contribution in [2.75, 3.05) is 9.80 Å². The van der Waals surface area contributed by atoms with E-state index < -0.39 is 0 Å². The fraction of sp³-hybridized carbons (Fsp3) is 0.179. The minimum atomic E-state index is -0.0832. The molecule has 0 N–H and O–H groups in total. The van der Waals surface area contributed by atoms with Gasteiger partial charge in [0.2, 0.25) is 0 Å². The second-order valence-electron chi connectivity index (χ2n) is 17.1. The van der Waals surface area contributed by atoms with Gasteiger partial charge >= 0.3 is 0 Å². The van der Waals surface area contributed by atoms with Crippen LogP contribution in [-0.4, -0.2) is 0 Å². The lowest BCUT2D eigenvalue weighted by Crippen LogP contribution is -2.32. The zero-order valence-electron chi connectivity index (χ0n) is 33.8. The Morgan fingerprint density at radius 3 is 1.47 bits per heavy atom. The minimum absolute atomic E-state index is 0.0506. The SMILES string of the molecule is CC1CCC(c2ccc(N(c3ccccc3)c3ccccc3)cc2)(c2ccc(N(c3ccc4c(c3)C(C)(C)c3ccccc3-4)c3ccc4ccccc4c3)cc2)CC1. The highest BCUT2D eigenvalue weighted by Crippen LogP contribution is 2.52. The third kappa shape index (κ3) is 6.19. The molecule has 1 saturated carbocycles. The molecule has 284 valence electrons. The van der Waals surface area contributed by atoms with E-state index in [1.165, 1.54) is 74.1 Å². The first kappa shape index (κ1) is 36.0. The van der Waals surface area contributed by atoms with E-state index in [1.54, 1.807) is 0 Å². The van der Waals surface area contributed by atoms with Crippen molar-refractivity contribution in [3.63, 3.8) is 0 Å². The van der Waals surface area contributed by atoms with Crippen molar-refractivity contribution < 1.29 is 0 Å². The Balaban J connectivity index is 1.05. The topological polar surface area (TPSA) is 6.48 Å². The molecule has 10 rings (SSSR count). The third-order valence-electron chi connectivity index (χ3n) is 13.3. The highest BCUT2D eigenvalue weighted by atomic mass is 15.1. The van der Waals surface area contributed by atoms with Crippen LogP contribution >= 0.6 is 0 Å². The van der Waals surface area contributed by atoms with E-state index in [1.807, 2.05) is 0 Å². The van der Waals surface area contributed by atoms with E-state index in [-0.39, 0.29) is 10.8 Å². The molecule has 0 saturated heterocycles. The Labute approximate surface area is 344 Å². The Kier molecular flexibility index (Phi) is 9.02. The highest BCUT2D eigenvalue weighted by Gasteiger charge is 2.38. The van der Waals surface area contributed by atoms with Crippen LogP contribution in [0.1, 0.15) is 68.7 Å². The first-order valence-corrected chi connectivity index (χ1v) is 21.0. The molecule has 2 heteroatoms. The molecule has 1 fully saturated rings. The second kappa shape index (κ2) is 14.5. The van der Waals surface area contributed by atoms with Crippen LogP contribution < -0.4 is 9.80 Å². The molecule has 0 unspecified atom stereocenters. The van der Waals surface area contributed by atoms with Gasteiger partial charge in [-0.25, -0.2) is 0 Å². The molecule has 0 spiro atoms. The summed E-state index contributed by atoms with van der Waals surface area (Å²) in [5, 5.41) is 2.49. The van der Waals surface area contributed by atoms with Crippen LogP contribution in [0.4, 0.5) is 34.1 Å². The van der Waals surface area contributed by atoms with Gasteiger partial charge in [0.1, 0.15) is 0 Å². The fourth-order valence-electron chi connectivity index (χ4n) is 10.1. The Morgan fingerprint density at radius 1 is 0.397 bits per heavy atom. The van der Waals surface area contributed by atoms with E-state index in [9.17, 15) is 0 Å². The van der Waals surface area contributed by atoms with Crippen molar-refractivity contribution in [1.82, 2.24) is 0 Å². The normalized spacial score (nSPS) is 18.0. The van der Waals surface area contributed by atoms with Gasteiger partial charge in [-0.1, -0.05) is 142 Å². The van der Waals surface area contributed by atoms with Gasteiger partial charge in [0, 0.05) is 45.0 Å². The van der Waals surface area contributed by atoms with Gasteiger partial charge in [-0.2, -0.15) is 0 Å². The summed E-state index contributed by atoms with van der Waals surface area (Å²) >= 11 is 0. The standard InChI is InChI=1S/C56H50N2/c1-40-34-36-56(37-35-40,43-23-28-47(29-24-43)57(45-16-6-4-7-17-45)46-18-8-5-9-19-46)44-25-30-48(31-26-44)58(49-27-22-41-14-10-11-15-42(41)38-49)50-32-33-52-51-20-12-13-21-53(51)55(2,3)54(52)39-50/h4-33,38-40H,34-37H2,1-3H3. The van der Waals surface area contributed by atoms with Crippen LogP contribution in [0, 0.1) is 5.92 Å². The van der Waals surface area contributed by atoms with E-state index in [0.717, 1.165) is 35.8 Å². The number of fused-ring (bicyclic) bond motifs is 4. The van der Waals surface area contributed by atoms with Crippen LogP contribution in [0.3, 0.4) is 0 Å². The smallest absolute Gasteiger partial charge is 0.0468 e. The van der Waals surface area contributed by atoms with Gasteiger partial charge in [0.05, 0.1) is 0 Å². The first-order valence-electron chi connectivity index (χ1n) is 21.0. The first-order chi connectivity index (χ1) is 28.4. The summed E-state index contributed by atoms with van der Waals surface area (Å²) in [6, 6.07) is 72.1. The molecular formula is C56H50N2. The molecular weight excluding hydrogens is 701 g/mol. The summed E-state index contributed by atoms with van der Waals surface area (Å²) in [6.07, 6.45) is 4.73. The number of nitrogens with zero attached hydrogens (tertiary/aromatic N) is 2. The van der Waals surface area contributed by atoms with Crippen molar-refractivity contribution in [2.45, 2.75) is 57.3 Å². The Bertz CT molecular complexity index is 2670. The molecule has 0 aliphatic heterocycles.